The van der Waals surface area contributed by atoms with Gasteiger partial charge in [-0.25, -0.2) is 0 Å². The Bertz CT molecular complexity index is 851. The number of nitrogens with one attached hydrogen (secondary N) is 3. The largest absolute Gasteiger partial charge is 0.352 e. The number of benzene rings is 1. The number of hydrogen-bond acceptors (Lipinski definition) is 4. The van der Waals surface area contributed by atoms with E-state index in [4.69, 9.17) is 0 Å². The number of thiophene rings is 1. The number of carbonyl (C=O) groups excluding carboxylic acids is 3. The normalized spacial score (nSPS) is 15.4. The standard InChI is InChI=1S/C20H22BrN3O3S/c1-12(22-20(27)16-9-10-17(21)28-16)18(25)24-15(19(26)23-14-7-8-14)11-13-5-3-2-4-6-13/h2-6,9-10,12,14-15H,7-8,11H2,1H3,(H,22,27)(H,23,26)(H,24,25). The van der Waals surface area contributed by atoms with Gasteiger partial charge in [-0.05, 0) is 53.4 Å². The van der Waals surface area contributed by atoms with Crippen molar-refractivity contribution in [2.75, 3.05) is 0 Å². The van der Waals surface area contributed by atoms with Crippen LogP contribution in [0.2, 0.25) is 0 Å². The van der Waals surface area contributed by atoms with Gasteiger partial charge < -0.3 is 16.0 Å². The van der Waals surface area contributed by atoms with E-state index in [1.165, 1.54) is 11.3 Å². The van der Waals surface area contributed by atoms with E-state index in [9.17, 15) is 14.4 Å². The average Bonchev–Trinajstić information content (AvgIpc) is 3.38. The second-order valence-corrected chi connectivity index (χ2v) is 9.30. The molecule has 2 aromatic rings. The molecule has 1 aromatic heterocycles. The predicted octanol–water partition coefficient (Wildman–Crippen LogP) is 2.64. The molecular formula is C20H22BrN3O3S. The summed E-state index contributed by atoms with van der Waals surface area (Å²) < 4.78 is 0.842. The van der Waals surface area contributed by atoms with Crippen molar-refractivity contribution in [3.8, 4) is 0 Å². The van der Waals surface area contributed by atoms with Crippen LogP contribution in [0.3, 0.4) is 0 Å². The molecule has 1 fully saturated rings. The maximum atomic E-state index is 12.6. The summed E-state index contributed by atoms with van der Waals surface area (Å²) in [6.45, 7) is 1.61. The zero-order valence-electron chi connectivity index (χ0n) is 15.4. The van der Waals surface area contributed by atoms with Crippen molar-refractivity contribution in [1.82, 2.24) is 16.0 Å². The van der Waals surface area contributed by atoms with E-state index in [0.29, 0.717) is 11.3 Å². The molecule has 8 heteroatoms. The molecule has 0 radical (unpaired) electrons. The van der Waals surface area contributed by atoms with Crippen LogP contribution in [-0.2, 0) is 16.0 Å². The quantitative estimate of drug-likeness (QED) is 0.562. The maximum Gasteiger partial charge on any atom is 0.262 e. The van der Waals surface area contributed by atoms with Crippen LogP contribution in [0.1, 0.15) is 35.0 Å². The first kappa shape index (κ1) is 20.5. The third-order valence-electron chi connectivity index (χ3n) is 4.38. The van der Waals surface area contributed by atoms with Gasteiger partial charge in [0, 0.05) is 12.5 Å². The van der Waals surface area contributed by atoms with Gasteiger partial charge in [0.05, 0.1) is 8.66 Å². The van der Waals surface area contributed by atoms with Crippen LogP contribution in [0.5, 0.6) is 0 Å². The molecule has 0 saturated heterocycles. The van der Waals surface area contributed by atoms with E-state index in [2.05, 4.69) is 31.9 Å². The van der Waals surface area contributed by atoms with E-state index >= 15 is 0 Å². The van der Waals surface area contributed by atoms with Crippen LogP contribution in [0.15, 0.2) is 46.3 Å². The van der Waals surface area contributed by atoms with E-state index in [0.717, 1.165) is 22.2 Å². The van der Waals surface area contributed by atoms with Crippen LogP contribution in [-0.4, -0.2) is 35.8 Å². The molecule has 1 aliphatic carbocycles. The highest BCUT2D eigenvalue weighted by molar-refractivity contribution is 9.11. The monoisotopic (exact) mass is 463 g/mol. The summed E-state index contributed by atoms with van der Waals surface area (Å²) in [5.74, 6) is -0.906. The topological polar surface area (TPSA) is 87.3 Å². The lowest BCUT2D eigenvalue weighted by atomic mass is 10.0. The van der Waals surface area contributed by atoms with E-state index in [-0.39, 0.29) is 17.9 Å². The van der Waals surface area contributed by atoms with Gasteiger partial charge >= 0.3 is 0 Å². The molecule has 0 spiro atoms. The Morgan fingerprint density at radius 2 is 1.79 bits per heavy atom. The summed E-state index contributed by atoms with van der Waals surface area (Å²) in [7, 11) is 0. The molecule has 0 aliphatic heterocycles. The van der Waals surface area contributed by atoms with Gasteiger partial charge in [-0.2, -0.15) is 0 Å². The molecule has 3 N–H and O–H groups in total. The molecule has 1 heterocycles. The Kier molecular flexibility index (Phi) is 6.85. The number of halogens is 1. The number of rotatable bonds is 8. The molecule has 1 saturated carbocycles. The minimum atomic E-state index is -0.764. The van der Waals surface area contributed by atoms with Crippen LogP contribution < -0.4 is 16.0 Å². The van der Waals surface area contributed by atoms with Gasteiger partial charge in [0.25, 0.3) is 5.91 Å². The van der Waals surface area contributed by atoms with Crippen LogP contribution in [0.25, 0.3) is 0 Å². The Morgan fingerprint density at radius 1 is 1.07 bits per heavy atom. The molecular weight excluding hydrogens is 442 g/mol. The fraction of sp³-hybridized carbons (Fsp3) is 0.350. The average molecular weight is 464 g/mol. The van der Waals surface area contributed by atoms with Gasteiger partial charge in [0.1, 0.15) is 12.1 Å². The number of amides is 3. The summed E-state index contributed by atoms with van der Waals surface area (Å²) in [6.07, 6.45) is 2.34. The molecule has 0 bridgehead atoms. The van der Waals surface area contributed by atoms with Gasteiger partial charge in [0.2, 0.25) is 11.8 Å². The lowest BCUT2D eigenvalue weighted by Gasteiger charge is -2.21. The Labute approximate surface area is 176 Å². The molecule has 6 nitrogen and oxygen atoms in total. The Morgan fingerprint density at radius 3 is 2.39 bits per heavy atom. The summed E-state index contributed by atoms with van der Waals surface area (Å²) >= 11 is 4.61. The summed E-state index contributed by atoms with van der Waals surface area (Å²) in [4.78, 5) is 38.0. The van der Waals surface area contributed by atoms with Crippen LogP contribution >= 0.6 is 27.3 Å². The van der Waals surface area contributed by atoms with Crippen molar-refractivity contribution in [3.63, 3.8) is 0 Å². The second-order valence-electron chi connectivity index (χ2n) is 6.83. The van der Waals surface area contributed by atoms with Gasteiger partial charge in [-0.3, -0.25) is 14.4 Å². The van der Waals surface area contributed by atoms with E-state index in [1.54, 1.807) is 19.1 Å². The SMILES string of the molecule is CC(NC(=O)c1ccc(Br)s1)C(=O)NC(Cc1ccccc1)C(=O)NC1CC1. The zero-order valence-corrected chi connectivity index (χ0v) is 17.8. The zero-order chi connectivity index (χ0) is 20.1. The molecule has 3 amide bonds. The van der Waals surface area contributed by atoms with Crippen molar-refractivity contribution in [2.45, 2.75) is 44.3 Å². The van der Waals surface area contributed by atoms with Crippen molar-refractivity contribution in [2.24, 2.45) is 0 Å². The minimum absolute atomic E-state index is 0.194. The Hall–Kier alpha value is -2.19. The molecule has 2 atom stereocenters. The van der Waals surface area contributed by atoms with E-state index < -0.39 is 18.0 Å². The molecule has 3 rings (SSSR count). The van der Waals surface area contributed by atoms with Crippen molar-refractivity contribution in [1.29, 1.82) is 0 Å². The molecule has 148 valence electrons. The maximum absolute atomic E-state index is 12.6. The summed E-state index contributed by atoms with van der Waals surface area (Å²) in [5.41, 5.74) is 0.957. The van der Waals surface area contributed by atoms with Crippen molar-refractivity contribution in [3.05, 3.63) is 56.7 Å². The number of carbonyl (C=O) groups is 3. The van der Waals surface area contributed by atoms with Gasteiger partial charge in [0.15, 0.2) is 0 Å². The predicted molar refractivity (Wildman–Crippen MR) is 112 cm³/mol. The smallest absolute Gasteiger partial charge is 0.262 e. The lowest BCUT2D eigenvalue weighted by Crippen LogP contribution is -2.53. The second kappa shape index (κ2) is 9.34. The first-order valence-corrected chi connectivity index (χ1v) is 10.7. The highest BCUT2D eigenvalue weighted by atomic mass is 79.9. The molecule has 28 heavy (non-hydrogen) atoms. The third kappa shape index (κ3) is 5.90. The fourth-order valence-electron chi connectivity index (χ4n) is 2.65. The highest BCUT2D eigenvalue weighted by Gasteiger charge is 2.29. The van der Waals surface area contributed by atoms with Gasteiger partial charge in [-0.15, -0.1) is 11.3 Å². The number of hydrogen-bond donors (Lipinski definition) is 3. The first-order chi connectivity index (χ1) is 13.4. The summed E-state index contributed by atoms with van der Waals surface area (Å²) in [6, 6.07) is 11.8. The minimum Gasteiger partial charge on any atom is -0.352 e. The fourth-order valence-corrected chi connectivity index (χ4v) is 3.94. The molecule has 1 aliphatic rings. The van der Waals surface area contributed by atoms with Crippen LogP contribution in [0, 0.1) is 0 Å². The van der Waals surface area contributed by atoms with E-state index in [1.807, 2.05) is 30.3 Å². The van der Waals surface area contributed by atoms with Crippen molar-refractivity contribution >= 4 is 45.0 Å². The van der Waals surface area contributed by atoms with Gasteiger partial charge in [-0.1, -0.05) is 30.3 Å². The Balaban J connectivity index is 1.61. The van der Waals surface area contributed by atoms with Crippen LogP contribution in [0.4, 0.5) is 0 Å². The molecule has 2 unspecified atom stereocenters. The first-order valence-electron chi connectivity index (χ1n) is 9.13. The van der Waals surface area contributed by atoms with Crippen molar-refractivity contribution < 1.29 is 14.4 Å². The molecule has 1 aromatic carbocycles. The lowest BCUT2D eigenvalue weighted by molar-refractivity contribution is -0.129. The summed E-state index contributed by atoms with van der Waals surface area (Å²) in [5, 5.41) is 8.41. The third-order valence-corrected chi connectivity index (χ3v) is 6.00. The highest BCUT2D eigenvalue weighted by Crippen LogP contribution is 2.22.